The Balaban J connectivity index is 2.51. The first-order chi connectivity index (χ1) is 9.43. The van der Waals surface area contributed by atoms with Crippen LogP contribution in [-0.4, -0.2) is 12.3 Å². The lowest BCUT2D eigenvalue weighted by molar-refractivity contribution is -0.118. The van der Waals surface area contributed by atoms with E-state index in [9.17, 15) is 9.18 Å². The van der Waals surface area contributed by atoms with Crippen LogP contribution >= 0.6 is 11.6 Å². The molecule has 0 spiro atoms. The summed E-state index contributed by atoms with van der Waals surface area (Å²) in [6.45, 7) is 4.93. The molecule has 0 radical (unpaired) electrons. The van der Waals surface area contributed by atoms with Gasteiger partial charge in [-0.25, -0.2) is 4.39 Å². The Labute approximate surface area is 125 Å². The van der Waals surface area contributed by atoms with Crippen molar-refractivity contribution < 1.29 is 9.18 Å². The van der Waals surface area contributed by atoms with Crippen molar-refractivity contribution >= 4 is 17.4 Å². The summed E-state index contributed by atoms with van der Waals surface area (Å²) in [4.78, 5) is 12.0. The molecule has 2 nitrogen and oxygen atoms in total. The molecule has 1 unspecified atom stereocenters. The summed E-state index contributed by atoms with van der Waals surface area (Å²) in [5.41, 5.74) is 6.00. The van der Waals surface area contributed by atoms with Gasteiger partial charge in [-0.15, -0.1) is 0 Å². The van der Waals surface area contributed by atoms with E-state index in [4.69, 9.17) is 17.3 Å². The fourth-order valence-electron chi connectivity index (χ4n) is 2.34. The summed E-state index contributed by atoms with van der Waals surface area (Å²) >= 11 is 5.69. The van der Waals surface area contributed by atoms with Gasteiger partial charge in [-0.3, -0.25) is 4.79 Å². The molecule has 0 heterocycles. The van der Waals surface area contributed by atoms with Crippen LogP contribution in [0.4, 0.5) is 4.39 Å². The molecular formula is C16H23ClFNO. The Bertz CT molecular complexity index is 448. The van der Waals surface area contributed by atoms with Crippen molar-refractivity contribution in [3.63, 3.8) is 0 Å². The van der Waals surface area contributed by atoms with Crippen molar-refractivity contribution in [2.75, 3.05) is 6.54 Å². The molecule has 0 saturated heterocycles. The van der Waals surface area contributed by atoms with E-state index in [2.05, 4.69) is 13.8 Å². The third-order valence-electron chi connectivity index (χ3n) is 3.68. The molecule has 1 rings (SSSR count). The highest BCUT2D eigenvalue weighted by Crippen LogP contribution is 2.21. The van der Waals surface area contributed by atoms with Crippen LogP contribution in [0.15, 0.2) is 18.2 Å². The number of hydrogen-bond donors (Lipinski definition) is 1. The minimum atomic E-state index is -0.409. The van der Waals surface area contributed by atoms with E-state index >= 15 is 0 Å². The lowest BCUT2D eigenvalue weighted by atomic mass is 9.87. The van der Waals surface area contributed by atoms with Crippen molar-refractivity contribution in [3.05, 3.63) is 34.6 Å². The van der Waals surface area contributed by atoms with Gasteiger partial charge in [0, 0.05) is 17.9 Å². The van der Waals surface area contributed by atoms with Crippen LogP contribution in [0.2, 0.25) is 5.02 Å². The fraction of sp³-hybridized carbons (Fsp3) is 0.562. The zero-order valence-electron chi connectivity index (χ0n) is 12.2. The second kappa shape index (κ2) is 8.38. The Morgan fingerprint density at radius 3 is 2.60 bits per heavy atom. The van der Waals surface area contributed by atoms with Crippen LogP contribution in [0.5, 0.6) is 0 Å². The smallest absolute Gasteiger partial charge is 0.137 e. The largest absolute Gasteiger partial charge is 0.330 e. The standard InChI is InChI=1S/C16H23ClFNO/c1-11(2)12(7-8-19)4-6-15(20)9-13-3-5-14(17)10-16(13)18/h3,5,10-12H,4,6-9,19H2,1-2H3. The van der Waals surface area contributed by atoms with Crippen LogP contribution in [0, 0.1) is 17.7 Å². The van der Waals surface area contributed by atoms with Gasteiger partial charge in [0.15, 0.2) is 0 Å². The molecular weight excluding hydrogens is 277 g/mol. The summed E-state index contributed by atoms with van der Waals surface area (Å²) < 4.78 is 13.6. The molecule has 0 aliphatic heterocycles. The Morgan fingerprint density at radius 2 is 2.05 bits per heavy atom. The van der Waals surface area contributed by atoms with Crippen molar-refractivity contribution in [2.24, 2.45) is 17.6 Å². The zero-order valence-corrected chi connectivity index (χ0v) is 12.9. The number of carbonyl (C=O) groups is 1. The van der Waals surface area contributed by atoms with Gasteiger partial charge in [0.05, 0.1) is 0 Å². The maximum absolute atomic E-state index is 13.6. The van der Waals surface area contributed by atoms with Crippen LogP contribution < -0.4 is 5.73 Å². The Morgan fingerprint density at radius 1 is 1.35 bits per heavy atom. The number of halogens is 2. The number of ketones is 1. The Kier molecular flexibility index (Phi) is 7.17. The molecule has 0 bridgehead atoms. The summed E-state index contributed by atoms with van der Waals surface area (Å²) in [5.74, 6) is 0.625. The molecule has 0 amide bonds. The van der Waals surface area contributed by atoms with Gasteiger partial charge < -0.3 is 5.73 Å². The van der Waals surface area contributed by atoms with Crippen molar-refractivity contribution in [2.45, 2.75) is 39.5 Å². The molecule has 0 aliphatic rings. The molecule has 0 saturated carbocycles. The predicted molar refractivity (Wildman–Crippen MR) is 81.4 cm³/mol. The first-order valence-corrected chi connectivity index (χ1v) is 7.47. The molecule has 1 aromatic rings. The third kappa shape index (κ3) is 5.59. The van der Waals surface area contributed by atoms with Crippen molar-refractivity contribution in [1.29, 1.82) is 0 Å². The van der Waals surface area contributed by atoms with Gasteiger partial charge >= 0.3 is 0 Å². The van der Waals surface area contributed by atoms with E-state index in [-0.39, 0.29) is 12.2 Å². The lowest BCUT2D eigenvalue weighted by Gasteiger charge is -2.19. The SMILES string of the molecule is CC(C)C(CCN)CCC(=O)Cc1ccc(Cl)cc1F. The van der Waals surface area contributed by atoms with E-state index in [1.807, 2.05) is 0 Å². The molecule has 0 aromatic heterocycles. The summed E-state index contributed by atoms with van der Waals surface area (Å²) in [5, 5.41) is 0.349. The van der Waals surface area contributed by atoms with Gasteiger partial charge in [0.2, 0.25) is 0 Å². The molecule has 1 atom stereocenters. The molecule has 4 heteroatoms. The number of rotatable bonds is 8. The highest BCUT2D eigenvalue weighted by Gasteiger charge is 2.15. The first kappa shape index (κ1) is 17.1. The fourth-order valence-corrected chi connectivity index (χ4v) is 2.50. The quantitative estimate of drug-likeness (QED) is 0.788. The minimum Gasteiger partial charge on any atom is -0.330 e. The second-order valence-corrected chi connectivity index (χ2v) is 6.01. The highest BCUT2D eigenvalue weighted by molar-refractivity contribution is 6.30. The number of nitrogens with two attached hydrogens (primary N) is 1. The van der Waals surface area contributed by atoms with Gasteiger partial charge in [0.25, 0.3) is 0 Å². The summed E-state index contributed by atoms with van der Waals surface area (Å²) in [7, 11) is 0. The first-order valence-electron chi connectivity index (χ1n) is 7.09. The monoisotopic (exact) mass is 299 g/mol. The van der Waals surface area contributed by atoms with Gasteiger partial charge in [0.1, 0.15) is 11.6 Å². The summed E-state index contributed by atoms with van der Waals surface area (Å²) in [6, 6.07) is 4.43. The average Bonchev–Trinajstić information content (AvgIpc) is 2.37. The van der Waals surface area contributed by atoms with Gasteiger partial charge in [-0.2, -0.15) is 0 Å². The predicted octanol–water partition coefficient (Wildman–Crippen LogP) is 3.99. The second-order valence-electron chi connectivity index (χ2n) is 5.57. The molecule has 2 N–H and O–H groups in total. The maximum Gasteiger partial charge on any atom is 0.137 e. The molecule has 0 aliphatic carbocycles. The van der Waals surface area contributed by atoms with Gasteiger partial charge in [-0.1, -0.05) is 31.5 Å². The number of carbonyl (C=O) groups excluding carboxylic acids is 1. The topological polar surface area (TPSA) is 43.1 Å². The van der Waals surface area contributed by atoms with Crippen molar-refractivity contribution in [3.8, 4) is 0 Å². The zero-order chi connectivity index (χ0) is 15.1. The van der Waals surface area contributed by atoms with E-state index in [1.54, 1.807) is 12.1 Å². The number of Topliss-reactive ketones (excluding diaryl/α,β-unsaturated/α-hetero) is 1. The molecule has 0 fully saturated rings. The van der Waals surface area contributed by atoms with E-state index in [0.717, 1.165) is 12.8 Å². The van der Waals surface area contributed by atoms with Crippen LogP contribution in [-0.2, 0) is 11.2 Å². The molecule has 1 aromatic carbocycles. The molecule has 112 valence electrons. The van der Waals surface area contributed by atoms with E-state index in [1.165, 1.54) is 6.07 Å². The number of benzene rings is 1. The summed E-state index contributed by atoms with van der Waals surface area (Å²) in [6.07, 6.45) is 2.37. The van der Waals surface area contributed by atoms with Crippen LogP contribution in [0.1, 0.15) is 38.7 Å². The Hall–Kier alpha value is -0.930. The van der Waals surface area contributed by atoms with Gasteiger partial charge in [-0.05, 0) is 48.9 Å². The third-order valence-corrected chi connectivity index (χ3v) is 3.91. The normalized spacial score (nSPS) is 12.7. The molecule has 20 heavy (non-hydrogen) atoms. The average molecular weight is 300 g/mol. The minimum absolute atomic E-state index is 0.0638. The van der Waals surface area contributed by atoms with E-state index < -0.39 is 5.82 Å². The van der Waals surface area contributed by atoms with E-state index in [0.29, 0.717) is 35.4 Å². The van der Waals surface area contributed by atoms with Crippen LogP contribution in [0.3, 0.4) is 0 Å². The van der Waals surface area contributed by atoms with Crippen LogP contribution in [0.25, 0.3) is 0 Å². The lowest BCUT2D eigenvalue weighted by Crippen LogP contribution is -2.16. The number of hydrogen-bond acceptors (Lipinski definition) is 2. The maximum atomic E-state index is 13.6. The van der Waals surface area contributed by atoms with Crippen molar-refractivity contribution in [1.82, 2.24) is 0 Å². The highest BCUT2D eigenvalue weighted by atomic mass is 35.5.